The van der Waals surface area contributed by atoms with Crippen molar-refractivity contribution < 1.29 is 0 Å². The topological polar surface area (TPSA) is 66.5 Å². The van der Waals surface area contributed by atoms with E-state index in [-0.39, 0.29) is 0 Å². The summed E-state index contributed by atoms with van der Waals surface area (Å²) in [5.74, 6) is 0.611. The van der Waals surface area contributed by atoms with Crippen molar-refractivity contribution in [1.29, 1.82) is 0 Å². The maximum absolute atomic E-state index is 4.67. The largest absolute Gasteiger partial charge is 0.345 e. The van der Waals surface area contributed by atoms with E-state index < -0.39 is 0 Å². The molecule has 0 amide bonds. The van der Waals surface area contributed by atoms with Crippen molar-refractivity contribution in [2.75, 3.05) is 5.32 Å². The van der Waals surface area contributed by atoms with Crippen LogP contribution in [-0.4, -0.2) is 19.9 Å². The van der Waals surface area contributed by atoms with Gasteiger partial charge in [-0.1, -0.05) is 12.1 Å². The third kappa shape index (κ3) is 2.63. The summed E-state index contributed by atoms with van der Waals surface area (Å²) in [6, 6.07) is 14.5. The zero-order chi connectivity index (χ0) is 16.6. The van der Waals surface area contributed by atoms with Crippen molar-refractivity contribution in [2.24, 2.45) is 0 Å². The van der Waals surface area contributed by atoms with Gasteiger partial charge in [0.05, 0.1) is 23.1 Å². The van der Waals surface area contributed by atoms with E-state index >= 15 is 0 Å². The molecule has 5 nitrogen and oxygen atoms in total. The third-order valence-electron chi connectivity index (χ3n) is 4.73. The van der Waals surface area contributed by atoms with Crippen molar-refractivity contribution in [3.05, 3.63) is 66.1 Å². The number of rotatable bonds is 3. The molecule has 0 radical (unpaired) electrons. The molecule has 0 atom stereocenters. The second-order valence-electron chi connectivity index (χ2n) is 6.36. The summed E-state index contributed by atoms with van der Waals surface area (Å²) in [5.41, 5.74) is 7.82. The Hall–Kier alpha value is -3.21. The van der Waals surface area contributed by atoms with Crippen LogP contribution in [-0.2, 0) is 12.8 Å². The van der Waals surface area contributed by atoms with Crippen molar-refractivity contribution >= 4 is 22.7 Å². The minimum Gasteiger partial charge on any atom is -0.345 e. The lowest BCUT2D eigenvalue weighted by Gasteiger charge is -2.08. The lowest BCUT2D eigenvalue weighted by atomic mass is 10.1. The fraction of sp³-hybridized carbons (Fsp3) is 0.150. The van der Waals surface area contributed by atoms with Gasteiger partial charge in [-0.15, -0.1) is 0 Å². The summed E-state index contributed by atoms with van der Waals surface area (Å²) in [5, 5.41) is 3.33. The van der Waals surface area contributed by atoms with E-state index in [1.165, 1.54) is 24.0 Å². The Kier molecular flexibility index (Phi) is 3.23. The normalized spacial score (nSPS) is 13.1. The van der Waals surface area contributed by atoms with E-state index in [0.29, 0.717) is 5.95 Å². The average molecular weight is 327 g/mol. The minimum absolute atomic E-state index is 0.611. The predicted octanol–water partition coefficient (Wildman–Crippen LogP) is 4.25. The number of aromatic nitrogens is 4. The van der Waals surface area contributed by atoms with E-state index in [0.717, 1.165) is 34.4 Å². The summed E-state index contributed by atoms with van der Waals surface area (Å²) < 4.78 is 0. The Balaban J connectivity index is 1.46. The van der Waals surface area contributed by atoms with Gasteiger partial charge in [0.25, 0.3) is 0 Å². The molecule has 0 bridgehead atoms. The molecular weight excluding hydrogens is 310 g/mol. The van der Waals surface area contributed by atoms with E-state index in [2.05, 4.69) is 49.5 Å². The standard InChI is InChI=1S/C20H17N5/c1-2-13-4-6-16(10-14(13)3-1)24-20-21-9-8-17(25-20)15-5-7-18-19(11-15)23-12-22-18/h4-12H,1-3H2,(H,22,23)(H,21,24,25). The smallest absolute Gasteiger partial charge is 0.227 e. The summed E-state index contributed by atoms with van der Waals surface area (Å²) in [6.07, 6.45) is 7.10. The van der Waals surface area contributed by atoms with Crippen LogP contribution >= 0.6 is 0 Å². The number of aromatic amines is 1. The molecule has 5 rings (SSSR count). The van der Waals surface area contributed by atoms with E-state index in [9.17, 15) is 0 Å². The molecule has 4 aromatic rings. The fourth-order valence-corrected chi connectivity index (χ4v) is 3.45. The molecule has 122 valence electrons. The first kappa shape index (κ1) is 14.2. The Morgan fingerprint density at radius 1 is 0.920 bits per heavy atom. The van der Waals surface area contributed by atoms with Crippen LogP contribution in [0.2, 0.25) is 0 Å². The van der Waals surface area contributed by atoms with Crippen molar-refractivity contribution in [2.45, 2.75) is 19.3 Å². The lowest BCUT2D eigenvalue weighted by Crippen LogP contribution is -1.98. The molecule has 0 unspecified atom stereocenters. The number of nitrogens with one attached hydrogen (secondary N) is 2. The molecule has 0 saturated carbocycles. The molecule has 1 aliphatic carbocycles. The summed E-state index contributed by atoms with van der Waals surface area (Å²) in [6.45, 7) is 0. The van der Waals surface area contributed by atoms with Gasteiger partial charge in [0.2, 0.25) is 5.95 Å². The molecule has 0 aliphatic heterocycles. The monoisotopic (exact) mass is 327 g/mol. The highest BCUT2D eigenvalue weighted by molar-refractivity contribution is 5.80. The number of hydrogen-bond donors (Lipinski definition) is 2. The molecule has 0 fully saturated rings. The van der Waals surface area contributed by atoms with Crippen molar-refractivity contribution in [3.8, 4) is 11.3 Å². The second-order valence-corrected chi connectivity index (χ2v) is 6.36. The molecule has 0 spiro atoms. The molecule has 2 aromatic heterocycles. The molecule has 5 heteroatoms. The Labute approximate surface area is 145 Å². The summed E-state index contributed by atoms with van der Waals surface area (Å²) in [4.78, 5) is 16.4. The molecule has 2 heterocycles. The van der Waals surface area contributed by atoms with Crippen LogP contribution in [0.15, 0.2) is 55.0 Å². The first-order valence-corrected chi connectivity index (χ1v) is 8.50. The second kappa shape index (κ2) is 5.70. The van der Waals surface area contributed by atoms with Gasteiger partial charge in [0.1, 0.15) is 0 Å². The number of hydrogen-bond acceptors (Lipinski definition) is 4. The maximum Gasteiger partial charge on any atom is 0.227 e. The molecule has 0 saturated heterocycles. The Morgan fingerprint density at radius 3 is 2.88 bits per heavy atom. The number of H-pyrrole nitrogens is 1. The first-order chi connectivity index (χ1) is 12.3. The highest BCUT2D eigenvalue weighted by Crippen LogP contribution is 2.27. The van der Waals surface area contributed by atoms with Gasteiger partial charge in [0.15, 0.2) is 0 Å². The summed E-state index contributed by atoms with van der Waals surface area (Å²) in [7, 11) is 0. The van der Waals surface area contributed by atoms with Crippen LogP contribution in [0.1, 0.15) is 17.5 Å². The Morgan fingerprint density at radius 2 is 1.88 bits per heavy atom. The third-order valence-corrected chi connectivity index (χ3v) is 4.73. The van der Waals surface area contributed by atoms with E-state index in [1.54, 1.807) is 12.5 Å². The van der Waals surface area contributed by atoms with Gasteiger partial charge in [0, 0.05) is 17.4 Å². The van der Waals surface area contributed by atoms with Crippen LogP contribution in [0.3, 0.4) is 0 Å². The first-order valence-electron chi connectivity index (χ1n) is 8.50. The zero-order valence-corrected chi connectivity index (χ0v) is 13.7. The van der Waals surface area contributed by atoms with E-state index in [1.807, 2.05) is 18.2 Å². The lowest BCUT2D eigenvalue weighted by molar-refractivity contribution is 0.912. The average Bonchev–Trinajstić information content (AvgIpc) is 3.30. The number of benzene rings is 2. The van der Waals surface area contributed by atoms with Gasteiger partial charge < -0.3 is 10.3 Å². The number of imidazole rings is 1. The van der Waals surface area contributed by atoms with Crippen LogP contribution in [0, 0.1) is 0 Å². The van der Waals surface area contributed by atoms with Crippen LogP contribution < -0.4 is 5.32 Å². The number of anilines is 2. The predicted molar refractivity (Wildman–Crippen MR) is 98.9 cm³/mol. The molecule has 2 aromatic carbocycles. The highest BCUT2D eigenvalue weighted by atomic mass is 15.1. The molecule has 2 N–H and O–H groups in total. The molecule has 1 aliphatic rings. The van der Waals surface area contributed by atoms with Crippen molar-refractivity contribution in [3.63, 3.8) is 0 Å². The van der Waals surface area contributed by atoms with Crippen LogP contribution in [0.25, 0.3) is 22.3 Å². The van der Waals surface area contributed by atoms with Gasteiger partial charge in [-0.25, -0.2) is 15.0 Å². The van der Waals surface area contributed by atoms with Crippen LogP contribution in [0.4, 0.5) is 11.6 Å². The van der Waals surface area contributed by atoms with Crippen molar-refractivity contribution in [1.82, 2.24) is 19.9 Å². The van der Waals surface area contributed by atoms with Gasteiger partial charge in [-0.3, -0.25) is 0 Å². The van der Waals surface area contributed by atoms with Crippen LogP contribution in [0.5, 0.6) is 0 Å². The number of nitrogens with zero attached hydrogens (tertiary/aromatic N) is 3. The highest BCUT2D eigenvalue weighted by Gasteiger charge is 2.11. The zero-order valence-electron chi connectivity index (χ0n) is 13.7. The summed E-state index contributed by atoms with van der Waals surface area (Å²) >= 11 is 0. The minimum atomic E-state index is 0.611. The van der Waals surface area contributed by atoms with Gasteiger partial charge in [-0.2, -0.15) is 0 Å². The fourth-order valence-electron chi connectivity index (χ4n) is 3.45. The molecular formula is C20H17N5. The number of fused-ring (bicyclic) bond motifs is 2. The molecule has 25 heavy (non-hydrogen) atoms. The van der Waals surface area contributed by atoms with E-state index in [4.69, 9.17) is 0 Å². The SMILES string of the molecule is c1cc(-c2ccc3nc[nH]c3c2)nc(Nc2ccc3c(c2)CCC3)n1. The number of aryl methyl sites for hydroxylation is 2. The maximum atomic E-state index is 4.67. The van der Waals surface area contributed by atoms with Gasteiger partial charge >= 0.3 is 0 Å². The Bertz CT molecular complexity index is 1070. The van der Waals surface area contributed by atoms with Gasteiger partial charge in [-0.05, 0) is 60.7 Å². The quantitative estimate of drug-likeness (QED) is 0.590.